The van der Waals surface area contributed by atoms with Crippen LogP contribution in [0.4, 0.5) is 11.4 Å². The second kappa shape index (κ2) is 6.63. The van der Waals surface area contributed by atoms with Crippen LogP contribution in [0.2, 0.25) is 0 Å². The van der Waals surface area contributed by atoms with E-state index in [1.165, 1.54) is 0 Å². The van der Waals surface area contributed by atoms with Crippen LogP contribution in [0.1, 0.15) is 10.6 Å². The first-order valence-electron chi connectivity index (χ1n) is 8.92. The molecule has 140 valence electrons. The van der Waals surface area contributed by atoms with E-state index < -0.39 is 0 Å². The zero-order valence-electron chi connectivity index (χ0n) is 16.0. The summed E-state index contributed by atoms with van der Waals surface area (Å²) < 4.78 is 11.5. The van der Waals surface area contributed by atoms with Crippen molar-refractivity contribution in [3.05, 3.63) is 42.2 Å². The van der Waals surface area contributed by atoms with Crippen molar-refractivity contribution in [2.75, 3.05) is 46.2 Å². The molecule has 1 N–H and O–H groups in total. The maximum absolute atomic E-state index is 12.9. The number of para-hydroxylation sites is 1. The van der Waals surface area contributed by atoms with Crippen molar-refractivity contribution in [3.63, 3.8) is 0 Å². The summed E-state index contributed by atoms with van der Waals surface area (Å²) in [6, 6.07) is 11.9. The van der Waals surface area contributed by atoms with Gasteiger partial charge in [0.1, 0.15) is 11.3 Å². The number of fused-ring (bicyclic) bond motifs is 2. The van der Waals surface area contributed by atoms with Gasteiger partial charge in [0.25, 0.3) is 5.91 Å². The van der Waals surface area contributed by atoms with Crippen molar-refractivity contribution in [1.29, 1.82) is 0 Å². The monoisotopic (exact) mass is 365 g/mol. The molecule has 0 fully saturated rings. The Kier molecular flexibility index (Phi) is 4.28. The first-order chi connectivity index (χ1) is 13.0. The first-order valence-corrected chi connectivity index (χ1v) is 8.92. The predicted octanol–water partition coefficient (Wildman–Crippen LogP) is 3.48. The standard InChI is InChI=1S/C21H23N3O3/c1-23(2)10-9-22-21(25)20-18-14-7-5-6-8-15(14)24(3)16-11-13(26-4)12-17(27-20)19(16)18/h5-8,11-12H,9-10H2,1-4H3,(H,22,25). The second-order valence-electron chi connectivity index (χ2n) is 6.96. The van der Waals surface area contributed by atoms with E-state index in [0.29, 0.717) is 23.6 Å². The molecule has 27 heavy (non-hydrogen) atoms. The van der Waals surface area contributed by atoms with Gasteiger partial charge >= 0.3 is 0 Å². The molecular weight excluding hydrogens is 342 g/mol. The van der Waals surface area contributed by atoms with Gasteiger partial charge < -0.3 is 24.3 Å². The van der Waals surface area contributed by atoms with E-state index in [2.05, 4.69) is 10.2 Å². The van der Waals surface area contributed by atoms with Gasteiger partial charge in [-0.3, -0.25) is 4.79 Å². The number of hydrogen-bond donors (Lipinski definition) is 1. The van der Waals surface area contributed by atoms with E-state index in [9.17, 15) is 4.79 Å². The molecule has 1 aromatic heterocycles. The molecule has 1 amide bonds. The molecule has 1 aliphatic heterocycles. The Morgan fingerprint density at radius 2 is 2.00 bits per heavy atom. The number of amides is 1. The van der Waals surface area contributed by atoms with Gasteiger partial charge in [0.05, 0.1) is 18.2 Å². The third kappa shape index (κ3) is 2.82. The minimum atomic E-state index is -0.202. The van der Waals surface area contributed by atoms with Crippen LogP contribution in [0, 0.1) is 0 Å². The fourth-order valence-corrected chi connectivity index (χ4v) is 3.56. The van der Waals surface area contributed by atoms with Crippen molar-refractivity contribution in [2.24, 2.45) is 0 Å². The van der Waals surface area contributed by atoms with E-state index in [1.807, 2.05) is 62.4 Å². The number of anilines is 2. The van der Waals surface area contributed by atoms with Crippen molar-refractivity contribution in [3.8, 4) is 16.9 Å². The summed E-state index contributed by atoms with van der Waals surface area (Å²) in [6.45, 7) is 1.32. The summed E-state index contributed by atoms with van der Waals surface area (Å²) in [7, 11) is 7.59. The van der Waals surface area contributed by atoms with Crippen LogP contribution in [0.3, 0.4) is 0 Å². The average molecular weight is 365 g/mol. The third-order valence-electron chi connectivity index (χ3n) is 4.93. The molecule has 0 radical (unpaired) electrons. The SMILES string of the molecule is COc1cc2c3c(c(C(=O)NCCN(C)C)oc3c1)-c1ccccc1N2C. The highest BCUT2D eigenvalue weighted by molar-refractivity contribution is 6.17. The Labute approximate surface area is 158 Å². The lowest BCUT2D eigenvalue weighted by molar-refractivity contribution is 0.0926. The van der Waals surface area contributed by atoms with Gasteiger partial charge in [0, 0.05) is 49.1 Å². The molecule has 0 aliphatic carbocycles. The number of benzene rings is 2. The molecule has 0 unspecified atom stereocenters. The molecule has 1 aliphatic rings. The van der Waals surface area contributed by atoms with Crippen LogP contribution in [-0.2, 0) is 0 Å². The lowest BCUT2D eigenvalue weighted by Gasteiger charge is -2.28. The summed E-state index contributed by atoms with van der Waals surface area (Å²) in [5, 5.41) is 3.90. The predicted molar refractivity (Wildman–Crippen MR) is 107 cm³/mol. The Balaban J connectivity index is 1.89. The normalized spacial score (nSPS) is 12.4. The van der Waals surface area contributed by atoms with Gasteiger partial charge in [-0.1, -0.05) is 18.2 Å². The molecule has 2 aromatic carbocycles. The van der Waals surface area contributed by atoms with Crippen LogP contribution in [0.5, 0.6) is 5.75 Å². The number of methoxy groups -OCH3 is 1. The quantitative estimate of drug-likeness (QED) is 0.750. The number of furan rings is 1. The Hall–Kier alpha value is -2.99. The van der Waals surface area contributed by atoms with Crippen molar-refractivity contribution < 1.29 is 13.9 Å². The van der Waals surface area contributed by atoms with Gasteiger partial charge in [-0.2, -0.15) is 0 Å². The number of likely N-dealkylation sites (N-methyl/N-ethyl adjacent to an activating group) is 1. The molecule has 6 heteroatoms. The van der Waals surface area contributed by atoms with Crippen molar-refractivity contribution in [1.82, 2.24) is 10.2 Å². The fourth-order valence-electron chi connectivity index (χ4n) is 3.56. The number of nitrogens with zero attached hydrogens (tertiary/aromatic N) is 2. The molecule has 0 spiro atoms. The zero-order valence-corrected chi connectivity index (χ0v) is 16.0. The van der Waals surface area contributed by atoms with Gasteiger partial charge in [0.2, 0.25) is 5.76 Å². The van der Waals surface area contributed by atoms with E-state index in [4.69, 9.17) is 9.15 Å². The maximum atomic E-state index is 12.9. The molecular formula is C21H23N3O3. The lowest BCUT2D eigenvalue weighted by atomic mass is 9.94. The smallest absolute Gasteiger partial charge is 0.287 e. The summed E-state index contributed by atoms with van der Waals surface area (Å²) in [5.74, 6) is 0.842. The minimum absolute atomic E-state index is 0.202. The summed E-state index contributed by atoms with van der Waals surface area (Å²) in [4.78, 5) is 17.0. The minimum Gasteiger partial charge on any atom is -0.497 e. The van der Waals surface area contributed by atoms with E-state index >= 15 is 0 Å². The van der Waals surface area contributed by atoms with Gasteiger partial charge in [-0.15, -0.1) is 0 Å². The summed E-state index contributed by atoms with van der Waals surface area (Å²) in [6.07, 6.45) is 0. The Morgan fingerprint density at radius 1 is 1.22 bits per heavy atom. The number of nitrogens with one attached hydrogen (secondary N) is 1. The highest BCUT2D eigenvalue weighted by Gasteiger charge is 2.31. The molecule has 2 heterocycles. The largest absolute Gasteiger partial charge is 0.497 e. The van der Waals surface area contributed by atoms with E-state index in [0.717, 1.165) is 34.4 Å². The molecule has 3 aromatic rings. The number of hydrogen-bond acceptors (Lipinski definition) is 5. The lowest BCUT2D eigenvalue weighted by Crippen LogP contribution is -2.31. The molecule has 6 nitrogen and oxygen atoms in total. The number of carbonyl (C=O) groups is 1. The highest BCUT2D eigenvalue weighted by atomic mass is 16.5. The second-order valence-corrected chi connectivity index (χ2v) is 6.96. The highest BCUT2D eigenvalue weighted by Crippen LogP contribution is 2.50. The molecule has 0 bridgehead atoms. The summed E-state index contributed by atoms with van der Waals surface area (Å²) in [5.41, 5.74) is 4.49. The topological polar surface area (TPSA) is 58.0 Å². The number of rotatable bonds is 5. The molecule has 0 saturated carbocycles. The number of carbonyl (C=O) groups excluding carboxylic acids is 1. The van der Waals surface area contributed by atoms with Crippen LogP contribution in [0.25, 0.3) is 22.1 Å². The fraction of sp³-hybridized carbons (Fsp3) is 0.286. The Bertz CT molecular complexity index is 1020. The first kappa shape index (κ1) is 17.4. The van der Waals surface area contributed by atoms with E-state index in [-0.39, 0.29) is 5.91 Å². The van der Waals surface area contributed by atoms with Crippen molar-refractivity contribution >= 4 is 28.3 Å². The third-order valence-corrected chi connectivity index (χ3v) is 4.93. The summed E-state index contributed by atoms with van der Waals surface area (Å²) >= 11 is 0. The van der Waals surface area contributed by atoms with Gasteiger partial charge in [0.15, 0.2) is 0 Å². The molecule has 0 saturated heterocycles. The molecule has 0 atom stereocenters. The van der Waals surface area contributed by atoms with Crippen LogP contribution in [0.15, 0.2) is 40.8 Å². The van der Waals surface area contributed by atoms with Crippen molar-refractivity contribution in [2.45, 2.75) is 0 Å². The van der Waals surface area contributed by atoms with Gasteiger partial charge in [-0.25, -0.2) is 0 Å². The average Bonchev–Trinajstić information content (AvgIpc) is 3.05. The van der Waals surface area contributed by atoms with Crippen LogP contribution < -0.4 is 15.0 Å². The maximum Gasteiger partial charge on any atom is 0.287 e. The van der Waals surface area contributed by atoms with E-state index in [1.54, 1.807) is 7.11 Å². The Morgan fingerprint density at radius 3 is 2.74 bits per heavy atom. The zero-order chi connectivity index (χ0) is 19.1. The number of ether oxygens (including phenoxy) is 1. The van der Waals surface area contributed by atoms with Crippen LogP contribution in [-0.4, -0.2) is 52.1 Å². The molecule has 4 rings (SSSR count). The van der Waals surface area contributed by atoms with Gasteiger partial charge in [-0.05, 0) is 20.2 Å². The van der Waals surface area contributed by atoms with Crippen LogP contribution >= 0.6 is 0 Å².